The molecule has 4 aromatic carbocycles. The van der Waals surface area contributed by atoms with Gasteiger partial charge in [-0.25, -0.2) is 9.59 Å². The van der Waals surface area contributed by atoms with Crippen LogP contribution in [0.2, 0.25) is 0 Å². The number of ether oxygens (including phenoxy) is 6. The topological polar surface area (TPSA) is 110 Å². The van der Waals surface area contributed by atoms with Crippen molar-refractivity contribution in [2.24, 2.45) is 0 Å². The van der Waals surface area contributed by atoms with E-state index in [0.29, 0.717) is 24.2 Å². The van der Waals surface area contributed by atoms with Gasteiger partial charge in [0.25, 0.3) is 0 Å². The highest BCUT2D eigenvalue weighted by molar-refractivity contribution is 5.90. The lowest BCUT2D eigenvalue weighted by Gasteiger charge is -2.37. The van der Waals surface area contributed by atoms with Crippen LogP contribution in [0.15, 0.2) is 109 Å². The second-order valence-corrected chi connectivity index (χ2v) is 18.1. The van der Waals surface area contributed by atoms with Crippen LogP contribution in [0.5, 0.6) is 11.5 Å². The molecule has 0 amide bonds. The number of aliphatic hydroxyl groups excluding tert-OH is 1. The molecule has 1 aliphatic heterocycles. The zero-order valence-electron chi connectivity index (χ0n) is 40.9. The summed E-state index contributed by atoms with van der Waals surface area (Å²) in [6.07, 6.45) is 24.3. The molecule has 0 aliphatic carbocycles. The standard InChI is InChI=1S/C58H78O9/c1-5-52-43-55(42-44(2)59)67-58(66-52)51(23-19-15-11-9-13-17-21-41-65-54-38-34-48(35-39-54)46-26-30-50(31-27-46)57(61)63-4)22-18-14-10-7-6-8-12-16-20-40-64-53-36-32-47(33-37-53)45-24-28-49(29-25-45)56(60)62-3/h22,24-39,44,52,55,58-59H,5-21,23,40-43H2,1-4H3/b51-22+. The molecule has 9 heteroatoms. The highest BCUT2D eigenvalue weighted by Gasteiger charge is 2.31. The highest BCUT2D eigenvalue weighted by Crippen LogP contribution is 2.31. The van der Waals surface area contributed by atoms with Crippen molar-refractivity contribution in [3.8, 4) is 33.8 Å². The maximum absolute atomic E-state index is 11.7. The van der Waals surface area contributed by atoms with Gasteiger partial charge in [-0.2, -0.15) is 0 Å². The smallest absolute Gasteiger partial charge is 0.337 e. The largest absolute Gasteiger partial charge is 0.494 e. The molecule has 0 radical (unpaired) electrons. The number of methoxy groups -OCH3 is 2. The zero-order chi connectivity index (χ0) is 47.5. The average Bonchev–Trinajstić information content (AvgIpc) is 3.36. The number of hydrogen-bond acceptors (Lipinski definition) is 9. The second kappa shape index (κ2) is 30.4. The number of aliphatic hydroxyl groups is 1. The molecule has 1 N–H and O–H groups in total. The van der Waals surface area contributed by atoms with Crippen molar-refractivity contribution in [3.63, 3.8) is 0 Å². The van der Waals surface area contributed by atoms with Gasteiger partial charge in [0.15, 0.2) is 6.29 Å². The van der Waals surface area contributed by atoms with Crippen LogP contribution in [0.25, 0.3) is 22.3 Å². The summed E-state index contributed by atoms with van der Waals surface area (Å²) in [4.78, 5) is 23.4. The van der Waals surface area contributed by atoms with Gasteiger partial charge in [0.1, 0.15) is 11.5 Å². The number of benzene rings is 4. The van der Waals surface area contributed by atoms with Crippen LogP contribution in [0.4, 0.5) is 0 Å². The normalized spacial score (nSPS) is 16.6. The van der Waals surface area contributed by atoms with Crippen molar-refractivity contribution in [1.29, 1.82) is 0 Å². The van der Waals surface area contributed by atoms with Gasteiger partial charge in [0, 0.05) is 6.42 Å². The Morgan fingerprint density at radius 2 is 0.955 bits per heavy atom. The minimum Gasteiger partial charge on any atom is -0.494 e. The SMILES string of the molecule is CCC1CC(CC(C)O)OC(/C(=C/CCCCCCCCCCOc2ccc(-c3ccc(C(=O)OC)cc3)cc2)CCCCCCCCCOc2ccc(-c3ccc(C(=O)OC)cc3)cc2)O1. The summed E-state index contributed by atoms with van der Waals surface area (Å²) < 4.78 is 34.6. The van der Waals surface area contributed by atoms with Crippen LogP contribution < -0.4 is 9.47 Å². The summed E-state index contributed by atoms with van der Waals surface area (Å²) in [5, 5.41) is 10.2. The number of carbonyl (C=O) groups is 2. The molecule has 4 unspecified atom stereocenters. The Morgan fingerprint density at radius 3 is 1.37 bits per heavy atom. The van der Waals surface area contributed by atoms with Gasteiger partial charge in [0.2, 0.25) is 0 Å². The number of esters is 2. The monoisotopic (exact) mass is 919 g/mol. The van der Waals surface area contributed by atoms with E-state index < -0.39 is 0 Å². The van der Waals surface area contributed by atoms with Crippen LogP contribution in [-0.2, 0) is 18.9 Å². The summed E-state index contributed by atoms with van der Waals surface area (Å²) in [6, 6.07) is 31.1. The lowest BCUT2D eigenvalue weighted by Crippen LogP contribution is -2.40. The van der Waals surface area contributed by atoms with Crippen molar-refractivity contribution in [3.05, 3.63) is 120 Å². The third-order valence-corrected chi connectivity index (χ3v) is 12.7. The van der Waals surface area contributed by atoms with E-state index in [1.165, 1.54) is 90.4 Å². The molecule has 0 spiro atoms. The van der Waals surface area contributed by atoms with E-state index in [0.717, 1.165) is 91.7 Å². The molecule has 1 fully saturated rings. The first kappa shape index (κ1) is 53.0. The third kappa shape index (κ3) is 19.3. The molecule has 1 heterocycles. The van der Waals surface area contributed by atoms with E-state index in [-0.39, 0.29) is 36.5 Å². The van der Waals surface area contributed by atoms with Crippen molar-refractivity contribution < 1.29 is 43.1 Å². The Bertz CT molecular complexity index is 2010. The Balaban J connectivity index is 0.922. The number of allylic oxidation sites excluding steroid dienone is 1. The molecule has 1 saturated heterocycles. The van der Waals surface area contributed by atoms with E-state index in [2.05, 4.69) is 37.3 Å². The maximum atomic E-state index is 11.7. The van der Waals surface area contributed by atoms with Gasteiger partial charge in [-0.05, 0) is 135 Å². The fraction of sp³-hybridized carbons (Fsp3) is 0.517. The molecule has 1 aliphatic rings. The number of carbonyl (C=O) groups excluding carboxylic acids is 2. The summed E-state index contributed by atoms with van der Waals surface area (Å²) in [5.41, 5.74) is 6.63. The van der Waals surface area contributed by atoms with Crippen LogP contribution in [0.3, 0.4) is 0 Å². The highest BCUT2D eigenvalue weighted by atomic mass is 16.7. The van der Waals surface area contributed by atoms with E-state index in [9.17, 15) is 14.7 Å². The number of hydrogen-bond donors (Lipinski definition) is 1. The Kier molecular flexibility index (Phi) is 24.1. The lowest BCUT2D eigenvalue weighted by atomic mass is 9.99. The fourth-order valence-corrected chi connectivity index (χ4v) is 8.68. The summed E-state index contributed by atoms with van der Waals surface area (Å²) in [5.74, 6) is 1.10. The second-order valence-electron chi connectivity index (χ2n) is 18.1. The van der Waals surface area contributed by atoms with Crippen LogP contribution in [-0.4, -0.2) is 69.1 Å². The van der Waals surface area contributed by atoms with Gasteiger partial charge >= 0.3 is 11.9 Å². The molecule has 0 bridgehead atoms. The summed E-state index contributed by atoms with van der Waals surface area (Å²) in [6.45, 7) is 5.48. The molecule has 0 aromatic heterocycles. The molecule has 0 saturated carbocycles. The van der Waals surface area contributed by atoms with Gasteiger partial charge in [-0.1, -0.05) is 132 Å². The minimum atomic E-state index is -0.386. The number of unbranched alkanes of at least 4 members (excludes halogenated alkanes) is 14. The Hall–Kier alpha value is -4.96. The first-order chi connectivity index (χ1) is 32.8. The number of rotatable bonds is 31. The lowest BCUT2D eigenvalue weighted by molar-refractivity contribution is -0.230. The van der Waals surface area contributed by atoms with Crippen LogP contribution in [0.1, 0.15) is 163 Å². The van der Waals surface area contributed by atoms with Crippen LogP contribution >= 0.6 is 0 Å². The predicted molar refractivity (Wildman–Crippen MR) is 269 cm³/mol. The van der Waals surface area contributed by atoms with Gasteiger partial charge in [-0.3, -0.25) is 0 Å². The van der Waals surface area contributed by atoms with Crippen LogP contribution in [0, 0.1) is 0 Å². The molecule has 364 valence electrons. The average molecular weight is 919 g/mol. The Labute approximate surface area is 401 Å². The van der Waals surface area contributed by atoms with Crippen molar-refractivity contribution in [2.75, 3.05) is 27.4 Å². The molecule has 9 nitrogen and oxygen atoms in total. The molecule has 4 aromatic rings. The molecule has 67 heavy (non-hydrogen) atoms. The molecular weight excluding hydrogens is 841 g/mol. The summed E-state index contributed by atoms with van der Waals surface area (Å²) >= 11 is 0. The maximum Gasteiger partial charge on any atom is 0.337 e. The quantitative estimate of drug-likeness (QED) is 0.0300. The van der Waals surface area contributed by atoms with Crippen molar-refractivity contribution in [2.45, 2.75) is 167 Å². The molecule has 5 rings (SSSR count). The van der Waals surface area contributed by atoms with Crippen molar-refractivity contribution >= 4 is 11.9 Å². The fourth-order valence-electron chi connectivity index (χ4n) is 8.68. The van der Waals surface area contributed by atoms with E-state index in [1.807, 2.05) is 55.5 Å². The third-order valence-electron chi connectivity index (χ3n) is 12.7. The molecule has 4 atom stereocenters. The van der Waals surface area contributed by atoms with Gasteiger partial charge in [0.05, 0.1) is 56.9 Å². The Morgan fingerprint density at radius 1 is 0.567 bits per heavy atom. The summed E-state index contributed by atoms with van der Waals surface area (Å²) in [7, 11) is 2.78. The van der Waals surface area contributed by atoms with Gasteiger partial charge in [-0.15, -0.1) is 0 Å². The van der Waals surface area contributed by atoms with E-state index >= 15 is 0 Å². The first-order valence-electron chi connectivity index (χ1n) is 25.3. The molecular formula is C58H78O9. The zero-order valence-corrected chi connectivity index (χ0v) is 40.9. The predicted octanol–water partition coefficient (Wildman–Crippen LogP) is 14.3. The van der Waals surface area contributed by atoms with E-state index in [1.54, 1.807) is 24.3 Å². The van der Waals surface area contributed by atoms with E-state index in [4.69, 9.17) is 28.4 Å². The first-order valence-corrected chi connectivity index (χ1v) is 25.3. The minimum absolute atomic E-state index is 0.0264. The van der Waals surface area contributed by atoms with Crippen molar-refractivity contribution in [1.82, 2.24) is 0 Å². The van der Waals surface area contributed by atoms with Gasteiger partial charge < -0.3 is 33.5 Å².